The SMILES string of the molecule is COc1cc2c(cc1OC)[C@@H](c1ccccc1)N(C(=O)N[C@@H](C)C(=O)NCc1ccccn1)CC2. The van der Waals surface area contributed by atoms with Gasteiger partial charge in [0.15, 0.2) is 11.5 Å². The fraction of sp³-hybridized carbons (Fsp3) is 0.296. The van der Waals surface area contributed by atoms with Crippen LogP contribution in [0.4, 0.5) is 4.79 Å². The van der Waals surface area contributed by atoms with Crippen LogP contribution in [0, 0.1) is 0 Å². The summed E-state index contributed by atoms with van der Waals surface area (Å²) in [5, 5.41) is 5.69. The van der Waals surface area contributed by atoms with E-state index in [4.69, 9.17) is 9.47 Å². The highest BCUT2D eigenvalue weighted by molar-refractivity contribution is 5.87. The lowest BCUT2D eigenvalue weighted by molar-refractivity contribution is -0.122. The third-order valence-electron chi connectivity index (χ3n) is 6.15. The largest absolute Gasteiger partial charge is 0.493 e. The van der Waals surface area contributed by atoms with Crippen molar-refractivity contribution in [2.45, 2.75) is 32.0 Å². The molecule has 0 radical (unpaired) electrons. The number of nitrogens with one attached hydrogen (secondary N) is 2. The molecule has 4 rings (SSSR count). The molecule has 0 saturated heterocycles. The molecule has 0 fully saturated rings. The van der Waals surface area contributed by atoms with Gasteiger partial charge in [-0.15, -0.1) is 0 Å². The fourth-order valence-electron chi connectivity index (χ4n) is 4.33. The first-order chi connectivity index (χ1) is 17.0. The Hall–Kier alpha value is -4.07. The molecule has 2 aromatic carbocycles. The second kappa shape index (κ2) is 10.9. The number of carbonyl (C=O) groups is 2. The second-order valence-corrected chi connectivity index (χ2v) is 8.37. The molecule has 1 aliphatic heterocycles. The summed E-state index contributed by atoms with van der Waals surface area (Å²) >= 11 is 0. The van der Waals surface area contributed by atoms with Crippen LogP contribution in [-0.4, -0.2) is 48.6 Å². The van der Waals surface area contributed by atoms with Gasteiger partial charge in [-0.1, -0.05) is 36.4 Å². The number of amides is 3. The van der Waals surface area contributed by atoms with Gasteiger partial charge in [-0.3, -0.25) is 9.78 Å². The van der Waals surface area contributed by atoms with E-state index in [0.29, 0.717) is 31.0 Å². The van der Waals surface area contributed by atoms with E-state index < -0.39 is 6.04 Å². The van der Waals surface area contributed by atoms with Gasteiger partial charge < -0.3 is 25.0 Å². The predicted molar refractivity (Wildman–Crippen MR) is 132 cm³/mol. The van der Waals surface area contributed by atoms with E-state index in [1.165, 1.54) is 0 Å². The summed E-state index contributed by atoms with van der Waals surface area (Å²) in [6.45, 7) is 2.47. The average Bonchev–Trinajstić information content (AvgIpc) is 2.91. The molecule has 0 saturated carbocycles. The monoisotopic (exact) mass is 474 g/mol. The van der Waals surface area contributed by atoms with E-state index in [9.17, 15) is 9.59 Å². The van der Waals surface area contributed by atoms with Gasteiger partial charge in [-0.25, -0.2) is 4.79 Å². The summed E-state index contributed by atoms with van der Waals surface area (Å²) in [7, 11) is 3.21. The van der Waals surface area contributed by atoms with E-state index in [0.717, 1.165) is 22.4 Å². The number of hydrogen-bond acceptors (Lipinski definition) is 5. The molecule has 0 aliphatic carbocycles. The number of fused-ring (bicyclic) bond motifs is 1. The van der Waals surface area contributed by atoms with Crippen molar-refractivity contribution < 1.29 is 19.1 Å². The maximum absolute atomic E-state index is 13.4. The Bertz CT molecular complexity index is 1170. The van der Waals surface area contributed by atoms with Gasteiger partial charge in [0.1, 0.15) is 6.04 Å². The normalized spacial score (nSPS) is 15.5. The summed E-state index contributed by atoms with van der Waals surface area (Å²) in [6.07, 6.45) is 2.34. The van der Waals surface area contributed by atoms with Crippen molar-refractivity contribution in [3.05, 3.63) is 89.2 Å². The van der Waals surface area contributed by atoms with E-state index in [1.54, 1.807) is 32.2 Å². The smallest absolute Gasteiger partial charge is 0.318 e. The van der Waals surface area contributed by atoms with Crippen LogP contribution in [-0.2, 0) is 17.8 Å². The number of rotatable bonds is 7. The van der Waals surface area contributed by atoms with Crippen LogP contribution in [0.5, 0.6) is 11.5 Å². The highest BCUT2D eigenvalue weighted by Gasteiger charge is 2.34. The molecule has 2 atom stereocenters. The van der Waals surface area contributed by atoms with Gasteiger partial charge in [-0.2, -0.15) is 0 Å². The summed E-state index contributed by atoms with van der Waals surface area (Å²) in [4.78, 5) is 32.0. The molecule has 2 heterocycles. The molecule has 1 aromatic heterocycles. The molecular weight excluding hydrogens is 444 g/mol. The summed E-state index contributed by atoms with van der Waals surface area (Å²) in [5.74, 6) is 0.995. The van der Waals surface area contributed by atoms with Crippen molar-refractivity contribution in [2.24, 2.45) is 0 Å². The van der Waals surface area contributed by atoms with Crippen LogP contribution in [0.1, 0.15) is 35.3 Å². The second-order valence-electron chi connectivity index (χ2n) is 8.37. The molecule has 2 N–H and O–H groups in total. The van der Waals surface area contributed by atoms with Crippen LogP contribution in [0.3, 0.4) is 0 Å². The van der Waals surface area contributed by atoms with E-state index >= 15 is 0 Å². The Morgan fingerprint density at radius 3 is 2.46 bits per heavy atom. The number of carbonyl (C=O) groups excluding carboxylic acids is 2. The van der Waals surface area contributed by atoms with Crippen molar-refractivity contribution in [1.29, 1.82) is 0 Å². The first kappa shape index (κ1) is 24.1. The van der Waals surface area contributed by atoms with E-state index in [2.05, 4.69) is 15.6 Å². The molecule has 0 unspecified atom stereocenters. The lowest BCUT2D eigenvalue weighted by atomic mass is 9.88. The Balaban J connectivity index is 1.55. The first-order valence-corrected chi connectivity index (χ1v) is 11.6. The third-order valence-corrected chi connectivity index (χ3v) is 6.15. The molecule has 182 valence electrons. The molecule has 8 nitrogen and oxygen atoms in total. The van der Waals surface area contributed by atoms with E-state index in [1.807, 2.05) is 60.7 Å². The van der Waals surface area contributed by atoms with Crippen LogP contribution in [0.25, 0.3) is 0 Å². The van der Waals surface area contributed by atoms with Crippen molar-refractivity contribution >= 4 is 11.9 Å². The number of benzene rings is 2. The Labute approximate surface area is 205 Å². The lowest BCUT2D eigenvalue weighted by Crippen LogP contribution is -2.52. The van der Waals surface area contributed by atoms with Crippen molar-refractivity contribution in [3.8, 4) is 11.5 Å². The van der Waals surface area contributed by atoms with Gasteiger partial charge in [0.05, 0.1) is 32.5 Å². The zero-order chi connectivity index (χ0) is 24.8. The van der Waals surface area contributed by atoms with Crippen molar-refractivity contribution in [1.82, 2.24) is 20.5 Å². The number of urea groups is 1. The number of methoxy groups -OCH3 is 2. The zero-order valence-corrected chi connectivity index (χ0v) is 20.2. The predicted octanol–water partition coefficient (Wildman–Crippen LogP) is 3.46. The Morgan fingerprint density at radius 2 is 1.77 bits per heavy atom. The summed E-state index contributed by atoms with van der Waals surface area (Å²) in [6, 6.07) is 17.9. The number of pyridine rings is 1. The minimum absolute atomic E-state index is 0.274. The fourth-order valence-corrected chi connectivity index (χ4v) is 4.33. The molecule has 0 bridgehead atoms. The average molecular weight is 475 g/mol. The standard InChI is InChI=1S/C27H30N4O4/c1-18(26(32)29-17-21-11-7-8-13-28-21)30-27(33)31-14-12-20-15-23(34-2)24(35-3)16-22(20)25(31)19-9-5-4-6-10-19/h4-11,13,15-16,18,25H,12,14,17H2,1-3H3,(H,29,32)(H,30,33)/t18-,25+/m0/s1. The van der Waals surface area contributed by atoms with Gasteiger partial charge in [0.2, 0.25) is 5.91 Å². The number of nitrogens with zero attached hydrogens (tertiary/aromatic N) is 2. The third kappa shape index (κ3) is 5.37. The number of ether oxygens (including phenoxy) is 2. The van der Waals surface area contributed by atoms with Crippen molar-refractivity contribution in [2.75, 3.05) is 20.8 Å². The maximum Gasteiger partial charge on any atom is 0.318 e. The molecule has 8 heteroatoms. The highest BCUT2D eigenvalue weighted by atomic mass is 16.5. The van der Waals surface area contributed by atoms with Gasteiger partial charge in [0.25, 0.3) is 0 Å². The minimum Gasteiger partial charge on any atom is -0.493 e. The van der Waals surface area contributed by atoms with Gasteiger partial charge >= 0.3 is 6.03 Å². The quantitative estimate of drug-likeness (QED) is 0.547. The minimum atomic E-state index is -0.713. The Morgan fingerprint density at radius 1 is 1.06 bits per heavy atom. The molecule has 3 amide bonds. The molecule has 1 aliphatic rings. The maximum atomic E-state index is 13.4. The summed E-state index contributed by atoms with van der Waals surface area (Å²) in [5.41, 5.74) is 3.80. The zero-order valence-electron chi connectivity index (χ0n) is 20.2. The molecular formula is C27H30N4O4. The lowest BCUT2D eigenvalue weighted by Gasteiger charge is -2.38. The van der Waals surface area contributed by atoms with Gasteiger partial charge in [-0.05, 0) is 54.3 Å². The van der Waals surface area contributed by atoms with Crippen LogP contribution < -0.4 is 20.1 Å². The van der Waals surface area contributed by atoms with E-state index in [-0.39, 0.29) is 18.0 Å². The Kier molecular flexibility index (Phi) is 7.50. The molecule has 35 heavy (non-hydrogen) atoms. The highest BCUT2D eigenvalue weighted by Crippen LogP contribution is 2.41. The topological polar surface area (TPSA) is 92.8 Å². The van der Waals surface area contributed by atoms with Crippen LogP contribution in [0.2, 0.25) is 0 Å². The number of hydrogen-bond donors (Lipinski definition) is 2. The first-order valence-electron chi connectivity index (χ1n) is 11.6. The van der Waals surface area contributed by atoms with Crippen LogP contribution in [0.15, 0.2) is 66.9 Å². The van der Waals surface area contributed by atoms with Gasteiger partial charge in [0, 0.05) is 12.7 Å². The van der Waals surface area contributed by atoms with Crippen molar-refractivity contribution in [3.63, 3.8) is 0 Å². The van der Waals surface area contributed by atoms with Crippen LogP contribution >= 0.6 is 0 Å². The summed E-state index contributed by atoms with van der Waals surface area (Å²) < 4.78 is 11.0. The molecule has 3 aromatic rings. The number of aromatic nitrogens is 1. The molecule has 0 spiro atoms.